The molecule has 0 saturated carbocycles. The number of aromatic nitrogens is 3. The molecule has 2 heterocycles. The molecular weight excluding hydrogens is 442 g/mol. The minimum Gasteiger partial charge on any atom is -0.494 e. The number of H-pyrrole nitrogens is 1. The van der Waals surface area contributed by atoms with E-state index in [4.69, 9.17) is 21.6 Å². The van der Waals surface area contributed by atoms with Crippen LogP contribution in [0.2, 0.25) is 0 Å². The van der Waals surface area contributed by atoms with Crippen molar-refractivity contribution in [3.05, 3.63) is 76.8 Å². The van der Waals surface area contributed by atoms with Crippen LogP contribution in [0.5, 0.6) is 5.75 Å². The van der Waals surface area contributed by atoms with Gasteiger partial charge < -0.3 is 26.5 Å². The molecule has 9 nitrogen and oxygen atoms in total. The molecule has 0 aliphatic carbocycles. The second kappa shape index (κ2) is 11.5. The van der Waals surface area contributed by atoms with Gasteiger partial charge in [0.15, 0.2) is 0 Å². The molecule has 9 heteroatoms. The second-order valence-corrected chi connectivity index (χ2v) is 8.37. The normalized spacial score (nSPS) is 11.1. The van der Waals surface area contributed by atoms with Gasteiger partial charge in [-0.1, -0.05) is 24.3 Å². The first-order chi connectivity index (χ1) is 17.0. The maximum Gasteiger partial charge on any atom is 0.354 e. The van der Waals surface area contributed by atoms with Crippen molar-refractivity contribution >= 4 is 16.9 Å². The smallest absolute Gasteiger partial charge is 0.354 e. The van der Waals surface area contributed by atoms with Crippen molar-refractivity contribution in [2.45, 2.75) is 25.8 Å². The molecule has 182 valence electrons. The van der Waals surface area contributed by atoms with Gasteiger partial charge in [-0.2, -0.15) is 4.98 Å². The van der Waals surface area contributed by atoms with Crippen molar-refractivity contribution in [2.75, 3.05) is 19.7 Å². The van der Waals surface area contributed by atoms with Crippen LogP contribution in [0, 0.1) is 5.41 Å². The fourth-order valence-corrected chi connectivity index (χ4v) is 3.78. The largest absolute Gasteiger partial charge is 0.494 e. The third kappa shape index (κ3) is 6.34. The molecule has 7 N–H and O–H groups in total. The molecule has 0 bridgehead atoms. The minimum absolute atomic E-state index is 0.161. The maximum atomic E-state index is 12.7. The summed E-state index contributed by atoms with van der Waals surface area (Å²) in [4.78, 5) is 20.2. The Labute approximate surface area is 203 Å². The fourth-order valence-electron chi connectivity index (χ4n) is 3.78. The highest BCUT2D eigenvalue weighted by Gasteiger charge is 2.10. The number of nitrogens with zero attached hydrogens (tertiary/aromatic N) is 2. The molecule has 0 aliphatic rings. The average molecular weight is 474 g/mol. The number of benzene rings is 2. The number of ether oxygens (including phenoxy) is 1. The first-order valence-corrected chi connectivity index (χ1v) is 11.7. The third-order valence-corrected chi connectivity index (χ3v) is 5.61. The number of rotatable bonds is 12. The molecule has 0 unspecified atom stereocenters. The van der Waals surface area contributed by atoms with Crippen LogP contribution in [0.15, 0.2) is 65.6 Å². The summed E-state index contributed by atoms with van der Waals surface area (Å²) in [5, 5.41) is 11.5. The van der Waals surface area contributed by atoms with Gasteiger partial charge in [0.05, 0.1) is 18.1 Å². The van der Waals surface area contributed by atoms with E-state index in [1.807, 2.05) is 54.6 Å². The summed E-state index contributed by atoms with van der Waals surface area (Å²) in [6, 6.07) is 17.6. The number of hydrogen-bond donors (Lipinski definition) is 5. The summed E-state index contributed by atoms with van der Waals surface area (Å²) in [6.07, 6.45) is 3.95. The molecule has 2 aromatic carbocycles. The monoisotopic (exact) mass is 473 g/mol. The van der Waals surface area contributed by atoms with Gasteiger partial charge in [-0.15, -0.1) is 0 Å². The predicted octanol–water partition coefficient (Wildman–Crippen LogP) is 2.91. The predicted molar refractivity (Wildman–Crippen MR) is 139 cm³/mol. The number of fused-ring (bicyclic) bond motifs is 1. The van der Waals surface area contributed by atoms with Gasteiger partial charge in [-0.05, 0) is 61.8 Å². The van der Waals surface area contributed by atoms with E-state index in [1.165, 1.54) is 0 Å². The molecule has 35 heavy (non-hydrogen) atoms. The second-order valence-electron chi connectivity index (χ2n) is 8.37. The highest BCUT2D eigenvalue weighted by Crippen LogP contribution is 2.26. The highest BCUT2D eigenvalue weighted by molar-refractivity contribution is 5.82. The van der Waals surface area contributed by atoms with Gasteiger partial charge in [0, 0.05) is 35.8 Å². The molecule has 2 aromatic heterocycles. The van der Waals surface area contributed by atoms with E-state index in [2.05, 4.69) is 15.3 Å². The lowest BCUT2D eigenvalue weighted by molar-refractivity contribution is 0.313. The summed E-state index contributed by atoms with van der Waals surface area (Å²) in [7, 11) is 0. The van der Waals surface area contributed by atoms with Crippen molar-refractivity contribution in [2.24, 2.45) is 11.5 Å². The topological polar surface area (TPSA) is 148 Å². The summed E-state index contributed by atoms with van der Waals surface area (Å²) in [6.45, 7) is 2.79. The molecule has 0 fully saturated rings. The molecule has 4 aromatic rings. The van der Waals surface area contributed by atoms with E-state index >= 15 is 0 Å². The van der Waals surface area contributed by atoms with E-state index in [-0.39, 0.29) is 11.5 Å². The van der Waals surface area contributed by atoms with E-state index in [1.54, 1.807) is 10.8 Å². The van der Waals surface area contributed by atoms with Crippen molar-refractivity contribution in [1.29, 1.82) is 5.41 Å². The molecule has 4 rings (SSSR count). The SMILES string of the molecule is N=C(N)CCCOc1cccc(-c2cc3cn(-c4ccc(CNCCCN)cc4)c(=O)nc3[nH]2)c1. The Bertz CT molecular complexity index is 1340. The van der Waals surface area contributed by atoms with Crippen LogP contribution in [0.1, 0.15) is 24.8 Å². The summed E-state index contributed by atoms with van der Waals surface area (Å²) in [5.74, 6) is 0.893. The lowest BCUT2D eigenvalue weighted by atomic mass is 10.1. The van der Waals surface area contributed by atoms with Gasteiger partial charge in [0.25, 0.3) is 0 Å². The van der Waals surface area contributed by atoms with Gasteiger partial charge in [0.1, 0.15) is 11.4 Å². The Balaban J connectivity index is 1.50. The lowest BCUT2D eigenvalue weighted by Crippen LogP contribution is -2.20. The van der Waals surface area contributed by atoms with Crippen LogP contribution in [-0.4, -0.2) is 40.1 Å². The summed E-state index contributed by atoms with van der Waals surface area (Å²) < 4.78 is 7.34. The first-order valence-electron chi connectivity index (χ1n) is 11.7. The van der Waals surface area contributed by atoms with Gasteiger partial charge in [-0.3, -0.25) is 9.98 Å². The van der Waals surface area contributed by atoms with Crippen LogP contribution in [-0.2, 0) is 6.54 Å². The van der Waals surface area contributed by atoms with E-state index in [0.717, 1.165) is 53.2 Å². The Morgan fingerprint density at radius 2 is 1.97 bits per heavy atom. The van der Waals surface area contributed by atoms with Gasteiger partial charge >= 0.3 is 5.69 Å². The van der Waals surface area contributed by atoms with E-state index in [9.17, 15) is 4.79 Å². The number of nitrogens with two attached hydrogens (primary N) is 2. The molecule has 0 amide bonds. The lowest BCUT2D eigenvalue weighted by Gasteiger charge is -2.07. The zero-order valence-corrected chi connectivity index (χ0v) is 19.6. The molecule has 0 spiro atoms. The average Bonchev–Trinajstić information content (AvgIpc) is 3.27. The molecule has 0 atom stereocenters. The van der Waals surface area contributed by atoms with Crippen LogP contribution in [0.4, 0.5) is 0 Å². The zero-order chi connectivity index (χ0) is 24.6. The van der Waals surface area contributed by atoms with E-state index in [0.29, 0.717) is 31.6 Å². The Morgan fingerprint density at radius 3 is 2.74 bits per heavy atom. The quantitative estimate of drug-likeness (QED) is 0.121. The molecule has 0 aliphatic heterocycles. The summed E-state index contributed by atoms with van der Waals surface area (Å²) >= 11 is 0. The van der Waals surface area contributed by atoms with Crippen LogP contribution in [0.25, 0.3) is 28.0 Å². The number of hydrogen-bond acceptors (Lipinski definition) is 6. The standard InChI is InChI=1S/C26H31N7O2/c27-11-3-12-30-16-18-7-9-21(10-8-18)33-17-20-15-23(31-25(20)32-26(33)34)19-4-1-5-22(14-19)35-13-2-6-24(28)29/h1,4-5,7-10,14-15,17,30H,2-3,6,11-13,16,27H2,(H3,28,29)(H,31,32,34). The van der Waals surface area contributed by atoms with E-state index < -0.39 is 0 Å². The van der Waals surface area contributed by atoms with Crippen molar-refractivity contribution in [3.63, 3.8) is 0 Å². The molecular formula is C26H31N7O2. The fraction of sp³-hybridized carbons (Fsp3) is 0.269. The van der Waals surface area contributed by atoms with Crippen molar-refractivity contribution in [1.82, 2.24) is 19.9 Å². The van der Waals surface area contributed by atoms with Crippen LogP contribution < -0.4 is 27.2 Å². The third-order valence-electron chi connectivity index (χ3n) is 5.61. The Hall–Kier alpha value is -3.95. The Kier molecular flexibility index (Phi) is 7.92. The number of nitrogens with one attached hydrogen (secondary N) is 3. The molecule has 0 saturated heterocycles. The van der Waals surface area contributed by atoms with Crippen molar-refractivity contribution < 1.29 is 4.74 Å². The van der Waals surface area contributed by atoms with Crippen LogP contribution in [0.3, 0.4) is 0 Å². The number of amidine groups is 1. The Morgan fingerprint density at radius 1 is 1.14 bits per heavy atom. The number of aromatic amines is 1. The van der Waals surface area contributed by atoms with Crippen molar-refractivity contribution in [3.8, 4) is 22.7 Å². The first kappa shape index (κ1) is 24.2. The summed E-state index contributed by atoms with van der Waals surface area (Å²) in [5.41, 5.74) is 14.8. The maximum absolute atomic E-state index is 12.7. The zero-order valence-electron chi connectivity index (χ0n) is 19.6. The molecule has 0 radical (unpaired) electrons. The van der Waals surface area contributed by atoms with Gasteiger partial charge in [0.2, 0.25) is 0 Å². The highest BCUT2D eigenvalue weighted by atomic mass is 16.5. The van der Waals surface area contributed by atoms with Crippen LogP contribution >= 0.6 is 0 Å². The van der Waals surface area contributed by atoms with Gasteiger partial charge in [-0.25, -0.2) is 4.79 Å². The minimum atomic E-state index is -0.345.